The summed E-state index contributed by atoms with van der Waals surface area (Å²) in [4.78, 5) is 11.1. The molecule has 1 aliphatic heterocycles. The highest BCUT2D eigenvalue weighted by Gasteiger charge is 2.32. The van der Waals surface area contributed by atoms with Crippen LogP contribution in [0.3, 0.4) is 0 Å². The van der Waals surface area contributed by atoms with Crippen LogP contribution < -0.4 is 11.1 Å². The first-order valence-corrected chi connectivity index (χ1v) is 7.92. The molecule has 1 heterocycles. The Kier molecular flexibility index (Phi) is 5.55. The van der Waals surface area contributed by atoms with Crippen LogP contribution in [0.1, 0.15) is 26.7 Å². The van der Waals surface area contributed by atoms with Gasteiger partial charge in [-0.25, -0.2) is 8.42 Å². The van der Waals surface area contributed by atoms with Crippen LogP contribution >= 0.6 is 0 Å². The van der Waals surface area contributed by atoms with Crippen LogP contribution in [-0.4, -0.2) is 50.1 Å². The highest BCUT2D eigenvalue weighted by Crippen LogP contribution is 2.16. The molecule has 18 heavy (non-hydrogen) atoms. The average Bonchev–Trinajstić information content (AvgIpc) is 2.25. The molecule has 1 atom stereocenters. The van der Waals surface area contributed by atoms with E-state index in [2.05, 4.69) is 5.32 Å². The molecule has 0 aliphatic carbocycles. The molecule has 1 rings (SSSR count). The quantitative estimate of drug-likeness (QED) is 0.685. The summed E-state index contributed by atoms with van der Waals surface area (Å²) in [5.74, 6) is -0.522. The van der Waals surface area contributed by atoms with Gasteiger partial charge in [-0.1, -0.05) is 13.8 Å². The fourth-order valence-corrected chi connectivity index (χ4v) is 4.20. The molecule has 1 saturated heterocycles. The Hall–Kier alpha value is -0.660. The maximum atomic E-state index is 12.3. The first-order valence-electron chi connectivity index (χ1n) is 6.31. The SMILES string of the molecule is CC(C)CS(=O)(=O)N(CC(N)=O)C1CCCNC1. The first-order chi connectivity index (χ1) is 8.33. The van der Waals surface area contributed by atoms with E-state index in [-0.39, 0.29) is 24.3 Å². The lowest BCUT2D eigenvalue weighted by Crippen LogP contribution is -2.52. The minimum atomic E-state index is -3.42. The number of nitrogens with one attached hydrogen (secondary N) is 1. The molecule has 1 fully saturated rings. The average molecular weight is 277 g/mol. The van der Waals surface area contributed by atoms with Crippen molar-refractivity contribution in [2.45, 2.75) is 32.7 Å². The van der Waals surface area contributed by atoms with Crippen LogP contribution in [0.5, 0.6) is 0 Å². The second-order valence-corrected chi connectivity index (χ2v) is 7.15. The van der Waals surface area contributed by atoms with E-state index in [9.17, 15) is 13.2 Å². The number of carbonyl (C=O) groups excluding carboxylic acids is 1. The van der Waals surface area contributed by atoms with Gasteiger partial charge in [-0.2, -0.15) is 4.31 Å². The summed E-state index contributed by atoms with van der Waals surface area (Å²) in [5.41, 5.74) is 5.16. The summed E-state index contributed by atoms with van der Waals surface area (Å²) in [5, 5.41) is 3.16. The number of piperidine rings is 1. The normalized spacial score (nSPS) is 21.4. The van der Waals surface area contributed by atoms with Gasteiger partial charge < -0.3 is 11.1 Å². The van der Waals surface area contributed by atoms with Crippen molar-refractivity contribution in [3.63, 3.8) is 0 Å². The van der Waals surface area contributed by atoms with Crippen molar-refractivity contribution in [3.05, 3.63) is 0 Å². The molecule has 106 valence electrons. The second-order valence-electron chi connectivity index (χ2n) is 5.18. The van der Waals surface area contributed by atoms with E-state index in [1.807, 2.05) is 13.8 Å². The van der Waals surface area contributed by atoms with Gasteiger partial charge >= 0.3 is 0 Å². The Bertz CT molecular complexity index is 375. The summed E-state index contributed by atoms with van der Waals surface area (Å²) in [6, 6.07) is -0.157. The van der Waals surface area contributed by atoms with Gasteiger partial charge in [0.25, 0.3) is 0 Å². The van der Waals surface area contributed by atoms with E-state index in [0.717, 1.165) is 19.4 Å². The summed E-state index contributed by atoms with van der Waals surface area (Å²) < 4.78 is 25.8. The molecule has 0 spiro atoms. The van der Waals surface area contributed by atoms with Gasteiger partial charge in [0.2, 0.25) is 15.9 Å². The lowest BCUT2D eigenvalue weighted by atomic mass is 10.1. The summed E-state index contributed by atoms with van der Waals surface area (Å²) in [6.45, 7) is 4.95. The zero-order chi connectivity index (χ0) is 13.8. The van der Waals surface area contributed by atoms with Gasteiger partial charge in [0.1, 0.15) is 0 Å². The van der Waals surface area contributed by atoms with Crippen LogP contribution in [0, 0.1) is 5.92 Å². The monoisotopic (exact) mass is 277 g/mol. The minimum Gasteiger partial charge on any atom is -0.369 e. The number of hydrogen-bond donors (Lipinski definition) is 2. The third-order valence-corrected chi connectivity index (χ3v) is 5.12. The predicted octanol–water partition coefficient (Wildman–Crippen LogP) is -0.488. The zero-order valence-corrected chi connectivity index (χ0v) is 11.9. The summed E-state index contributed by atoms with van der Waals surface area (Å²) in [6.07, 6.45) is 1.69. The van der Waals surface area contributed by atoms with Crippen molar-refractivity contribution in [2.75, 3.05) is 25.4 Å². The third-order valence-electron chi connectivity index (χ3n) is 2.89. The molecular formula is C11H23N3O3S. The Morgan fingerprint density at radius 3 is 2.61 bits per heavy atom. The van der Waals surface area contributed by atoms with Gasteiger partial charge in [-0.05, 0) is 25.3 Å². The Morgan fingerprint density at radius 1 is 1.50 bits per heavy atom. The van der Waals surface area contributed by atoms with Crippen LogP contribution in [0.25, 0.3) is 0 Å². The van der Waals surface area contributed by atoms with Crippen LogP contribution in [0.2, 0.25) is 0 Å². The van der Waals surface area contributed by atoms with Gasteiger partial charge in [-0.3, -0.25) is 4.79 Å². The summed E-state index contributed by atoms with van der Waals surface area (Å²) in [7, 11) is -3.42. The van der Waals surface area contributed by atoms with Crippen LogP contribution in [0.4, 0.5) is 0 Å². The first kappa shape index (κ1) is 15.4. The third kappa shape index (κ3) is 4.55. The van der Waals surface area contributed by atoms with Gasteiger partial charge in [0.05, 0.1) is 12.3 Å². The van der Waals surface area contributed by atoms with E-state index in [0.29, 0.717) is 6.54 Å². The predicted molar refractivity (Wildman–Crippen MR) is 70.4 cm³/mol. The Morgan fingerprint density at radius 2 is 2.17 bits per heavy atom. The number of amides is 1. The fourth-order valence-electron chi connectivity index (χ4n) is 2.20. The highest BCUT2D eigenvalue weighted by atomic mass is 32.2. The topological polar surface area (TPSA) is 92.5 Å². The highest BCUT2D eigenvalue weighted by molar-refractivity contribution is 7.89. The van der Waals surface area contributed by atoms with E-state index in [4.69, 9.17) is 5.73 Å². The number of primary amides is 1. The maximum absolute atomic E-state index is 12.3. The molecule has 0 aromatic heterocycles. The van der Waals surface area contributed by atoms with Gasteiger partial charge in [0.15, 0.2) is 0 Å². The molecule has 1 amide bonds. The molecule has 1 unspecified atom stereocenters. The largest absolute Gasteiger partial charge is 0.369 e. The fraction of sp³-hybridized carbons (Fsp3) is 0.909. The van der Waals surface area contributed by atoms with Crippen molar-refractivity contribution >= 4 is 15.9 Å². The second kappa shape index (κ2) is 6.49. The molecule has 0 saturated carbocycles. The van der Waals surface area contributed by atoms with E-state index >= 15 is 0 Å². The van der Waals surface area contributed by atoms with Crippen molar-refractivity contribution in [3.8, 4) is 0 Å². The smallest absolute Gasteiger partial charge is 0.232 e. The number of hydrogen-bond acceptors (Lipinski definition) is 4. The molecule has 0 bridgehead atoms. The molecule has 3 N–H and O–H groups in total. The lowest BCUT2D eigenvalue weighted by Gasteiger charge is -2.33. The van der Waals surface area contributed by atoms with Gasteiger partial charge in [0, 0.05) is 12.6 Å². The maximum Gasteiger partial charge on any atom is 0.232 e. The Labute approximate surface area is 109 Å². The van der Waals surface area contributed by atoms with Gasteiger partial charge in [-0.15, -0.1) is 0 Å². The molecule has 0 aromatic carbocycles. The minimum absolute atomic E-state index is 0.0296. The number of sulfonamides is 1. The molecule has 7 heteroatoms. The van der Waals surface area contributed by atoms with E-state index in [1.165, 1.54) is 4.31 Å². The van der Waals surface area contributed by atoms with Crippen molar-refractivity contribution < 1.29 is 13.2 Å². The zero-order valence-electron chi connectivity index (χ0n) is 11.1. The molecular weight excluding hydrogens is 254 g/mol. The van der Waals surface area contributed by atoms with Crippen molar-refractivity contribution in [2.24, 2.45) is 11.7 Å². The van der Waals surface area contributed by atoms with Crippen molar-refractivity contribution in [1.82, 2.24) is 9.62 Å². The Balaban J connectivity index is 2.85. The molecule has 6 nitrogen and oxygen atoms in total. The van der Waals surface area contributed by atoms with E-state index in [1.54, 1.807) is 0 Å². The molecule has 0 aromatic rings. The number of carbonyl (C=O) groups is 1. The standard InChI is InChI=1S/C11H23N3O3S/c1-9(2)8-18(16,17)14(7-11(12)15)10-4-3-5-13-6-10/h9-10,13H,3-8H2,1-2H3,(H2,12,15). The lowest BCUT2D eigenvalue weighted by molar-refractivity contribution is -0.118. The van der Waals surface area contributed by atoms with E-state index < -0.39 is 15.9 Å². The van der Waals surface area contributed by atoms with Crippen LogP contribution in [-0.2, 0) is 14.8 Å². The summed E-state index contributed by atoms with van der Waals surface area (Å²) >= 11 is 0. The number of nitrogens with zero attached hydrogens (tertiary/aromatic N) is 1. The number of rotatable bonds is 6. The van der Waals surface area contributed by atoms with Crippen molar-refractivity contribution in [1.29, 1.82) is 0 Å². The molecule has 1 aliphatic rings. The van der Waals surface area contributed by atoms with Crippen LogP contribution in [0.15, 0.2) is 0 Å². The molecule has 0 radical (unpaired) electrons. The number of nitrogens with two attached hydrogens (primary N) is 1.